The van der Waals surface area contributed by atoms with Crippen LogP contribution in [0.5, 0.6) is 0 Å². The third-order valence-electron chi connectivity index (χ3n) is 2.46. The topological polar surface area (TPSA) is 73.6 Å². The van der Waals surface area contributed by atoms with Gasteiger partial charge in [-0.25, -0.2) is 9.38 Å². The monoisotopic (exact) mass is 249 g/mol. The lowest BCUT2D eigenvalue weighted by Gasteiger charge is -2.25. The highest BCUT2D eigenvalue weighted by Gasteiger charge is 2.29. The molecule has 18 heavy (non-hydrogen) atoms. The molecule has 1 heterocycles. The average Bonchev–Trinajstić information content (AvgIpc) is 2.34. The lowest BCUT2D eigenvalue weighted by Crippen LogP contribution is -2.28. The number of hydrogen-bond donors (Lipinski definition) is 2. The Morgan fingerprint density at radius 3 is 2.61 bits per heavy atom. The molecule has 0 bridgehead atoms. The average molecular weight is 249 g/mol. The number of amidine groups is 1. The molecule has 0 amide bonds. The van der Waals surface area contributed by atoms with Crippen molar-refractivity contribution in [3.8, 4) is 0 Å². The van der Waals surface area contributed by atoms with Crippen LogP contribution in [0.4, 0.5) is 10.1 Å². The van der Waals surface area contributed by atoms with Gasteiger partial charge in [0.25, 0.3) is 6.02 Å². The highest BCUT2D eigenvalue weighted by atomic mass is 19.1. The SMILES string of the molecule is C=C.C[C@@]1(c2cc(N)ccc2F)C=COC(N)=N1. The van der Waals surface area contributed by atoms with E-state index in [2.05, 4.69) is 18.2 Å². The second kappa shape index (κ2) is 5.35. The first-order valence-corrected chi connectivity index (χ1v) is 5.26. The first-order valence-electron chi connectivity index (χ1n) is 5.26. The van der Waals surface area contributed by atoms with Crippen LogP contribution in [0.1, 0.15) is 12.5 Å². The number of nitrogens with zero attached hydrogens (tertiary/aromatic N) is 1. The zero-order valence-electron chi connectivity index (χ0n) is 10.2. The molecule has 96 valence electrons. The number of hydrogen-bond acceptors (Lipinski definition) is 4. The maximum Gasteiger partial charge on any atom is 0.288 e. The van der Waals surface area contributed by atoms with Crippen LogP contribution in [0.25, 0.3) is 0 Å². The maximum atomic E-state index is 13.7. The van der Waals surface area contributed by atoms with Crippen molar-refractivity contribution >= 4 is 11.7 Å². The van der Waals surface area contributed by atoms with Gasteiger partial charge < -0.3 is 16.2 Å². The fourth-order valence-electron chi connectivity index (χ4n) is 1.61. The summed E-state index contributed by atoms with van der Waals surface area (Å²) in [5.41, 5.74) is 11.1. The number of rotatable bonds is 1. The van der Waals surface area contributed by atoms with Gasteiger partial charge in [-0.3, -0.25) is 0 Å². The molecule has 4 nitrogen and oxygen atoms in total. The van der Waals surface area contributed by atoms with Crippen molar-refractivity contribution in [2.24, 2.45) is 10.7 Å². The van der Waals surface area contributed by atoms with Crippen molar-refractivity contribution in [3.05, 3.63) is 55.1 Å². The molecule has 1 aromatic rings. The Hall–Kier alpha value is -2.30. The second-order valence-corrected chi connectivity index (χ2v) is 3.76. The Labute approximate surface area is 105 Å². The van der Waals surface area contributed by atoms with E-state index in [4.69, 9.17) is 16.2 Å². The summed E-state index contributed by atoms with van der Waals surface area (Å²) in [6, 6.07) is 4.36. The van der Waals surface area contributed by atoms with E-state index in [1.165, 1.54) is 18.4 Å². The molecule has 0 unspecified atom stereocenters. The van der Waals surface area contributed by atoms with Crippen LogP contribution < -0.4 is 11.5 Å². The molecular weight excluding hydrogens is 233 g/mol. The molecule has 2 rings (SSSR count). The summed E-state index contributed by atoms with van der Waals surface area (Å²) in [6.07, 6.45) is 3.02. The maximum absolute atomic E-state index is 13.7. The van der Waals surface area contributed by atoms with Gasteiger partial charge in [-0.2, -0.15) is 0 Å². The normalized spacial score (nSPS) is 21.3. The lowest BCUT2D eigenvalue weighted by atomic mass is 9.91. The Bertz CT molecular complexity index is 499. The van der Waals surface area contributed by atoms with Gasteiger partial charge in [0, 0.05) is 11.3 Å². The first kappa shape index (κ1) is 13.8. The Balaban J connectivity index is 0.000000771. The van der Waals surface area contributed by atoms with E-state index in [1.54, 1.807) is 19.1 Å². The molecule has 1 aliphatic rings. The molecule has 0 radical (unpaired) electrons. The summed E-state index contributed by atoms with van der Waals surface area (Å²) in [5.74, 6) is -0.375. The van der Waals surface area contributed by atoms with Crippen LogP contribution in [0.2, 0.25) is 0 Å². The predicted octanol–water partition coefficient (Wildman–Crippen LogP) is 2.28. The number of benzene rings is 1. The van der Waals surface area contributed by atoms with Crippen molar-refractivity contribution in [1.82, 2.24) is 0 Å². The van der Waals surface area contributed by atoms with Gasteiger partial charge in [0.15, 0.2) is 0 Å². The van der Waals surface area contributed by atoms with E-state index in [-0.39, 0.29) is 11.8 Å². The molecule has 1 atom stereocenters. The summed E-state index contributed by atoms with van der Waals surface area (Å²) in [7, 11) is 0. The van der Waals surface area contributed by atoms with Gasteiger partial charge in [-0.05, 0) is 31.2 Å². The van der Waals surface area contributed by atoms with Crippen molar-refractivity contribution in [2.45, 2.75) is 12.5 Å². The number of halogens is 1. The Kier molecular flexibility index (Phi) is 4.09. The quantitative estimate of drug-likeness (QED) is 0.592. The van der Waals surface area contributed by atoms with E-state index in [1.807, 2.05) is 0 Å². The number of nitrogen functional groups attached to an aromatic ring is 1. The largest absolute Gasteiger partial charge is 0.434 e. The second-order valence-electron chi connectivity index (χ2n) is 3.76. The third-order valence-corrected chi connectivity index (χ3v) is 2.46. The van der Waals surface area contributed by atoms with Crippen LogP contribution in [0, 0.1) is 5.82 Å². The summed E-state index contributed by atoms with van der Waals surface area (Å²) in [5, 5.41) is 0. The van der Waals surface area contributed by atoms with Crippen LogP contribution in [0.3, 0.4) is 0 Å². The molecule has 0 saturated carbocycles. The molecule has 0 saturated heterocycles. The molecule has 0 fully saturated rings. The van der Waals surface area contributed by atoms with Crippen LogP contribution in [0.15, 0.2) is 48.7 Å². The zero-order valence-corrected chi connectivity index (χ0v) is 10.2. The number of anilines is 1. The van der Waals surface area contributed by atoms with Crippen molar-refractivity contribution in [1.29, 1.82) is 0 Å². The molecule has 0 aromatic heterocycles. The minimum absolute atomic E-state index is 0.00632. The molecule has 0 spiro atoms. The highest BCUT2D eigenvalue weighted by molar-refractivity contribution is 5.74. The molecule has 1 aliphatic heterocycles. The highest BCUT2D eigenvalue weighted by Crippen LogP contribution is 2.32. The lowest BCUT2D eigenvalue weighted by molar-refractivity contribution is 0.410. The van der Waals surface area contributed by atoms with Gasteiger partial charge in [0.2, 0.25) is 0 Å². The summed E-state index contributed by atoms with van der Waals surface area (Å²) < 4.78 is 18.5. The Morgan fingerprint density at radius 1 is 1.33 bits per heavy atom. The van der Waals surface area contributed by atoms with E-state index < -0.39 is 5.54 Å². The first-order chi connectivity index (χ1) is 8.51. The molecular formula is C13H16FN3O. The summed E-state index contributed by atoms with van der Waals surface area (Å²) in [6.45, 7) is 7.73. The van der Waals surface area contributed by atoms with Crippen LogP contribution in [-0.4, -0.2) is 6.02 Å². The standard InChI is InChI=1S/C11H12FN3O.C2H4/c1-11(4-5-16-10(14)15-11)8-6-7(13)2-3-9(8)12;1-2/h2-6H,13H2,1H3,(H2,14,15);1-2H2/t11-;/m0./s1. The third kappa shape index (κ3) is 2.68. The van der Waals surface area contributed by atoms with Crippen LogP contribution in [-0.2, 0) is 10.3 Å². The fraction of sp³-hybridized carbons (Fsp3) is 0.154. The minimum Gasteiger partial charge on any atom is -0.434 e. The van der Waals surface area contributed by atoms with Gasteiger partial charge in [0.1, 0.15) is 11.4 Å². The summed E-state index contributed by atoms with van der Waals surface area (Å²) in [4.78, 5) is 4.08. The number of aliphatic imine (C=N–C) groups is 1. The van der Waals surface area contributed by atoms with E-state index in [0.717, 1.165) is 0 Å². The van der Waals surface area contributed by atoms with Gasteiger partial charge in [-0.1, -0.05) is 0 Å². The fourth-order valence-corrected chi connectivity index (χ4v) is 1.61. The smallest absolute Gasteiger partial charge is 0.288 e. The van der Waals surface area contributed by atoms with Gasteiger partial charge in [0.05, 0.1) is 6.26 Å². The number of ether oxygens (including phenoxy) is 1. The predicted molar refractivity (Wildman–Crippen MR) is 71.3 cm³/mol. The molecule has 0 aliphatic carbocycles. The zero-order chi connectivity index (χ0) is 13.8. The summed E-state index contributed by atoms with van der Waals surface area (Å²) >= 11 is 0. The van der Waals surface area contributed by atoms with Gasteiger partial charge in [-0.15, -0.1) is 13.2 Å². The van der Waals surface area contributed by atoms with Crippen LogP contribution >= 0.6 is 0 Å². The van der Waals surface area contributed by atoms with E-state index in [0.29, 0.717) is 11.3 Å². The molecule has 4 N–H and O–H groups in total. The van der Waals surface area contributed by atoms with E-state index in [9.17, 15) is 4.39 Å². The minimum atomic E-state index is -0.873. The van der Waals surface area contributed by atoms with Crippen molar-refractivity contribution < 1.29 is 9.13 Å². The Morgan fingerprint density at radius 2 is 2.00 bits per heavy atom. The van der Waals surface area contributed by atoms with Gasteiger partial charge >= 0.3 is 0 Å². The van der Waals surface area contributed by atoms with Crippen molar-refractivity contribution in [2.75, 3.05) is 5.73 Å². The number of nitrogens with two attached hydrogens (primary N) is 2. The molecule has 5 heteroatoms. The van der Waals surface area contributed by atoms with E-state index >= 15 is 0 Å². The van der Waals surface area contributed by atoms with Crippen molar-refractivity contribution in [3.63, 3.8) is 0 Å². The molecule has 1 aromatic carbocycles.